The maximum atomic E-state index is 12.4. The zero-order valence-electron chi connectivity index (χ0n) is 14.1. The summed E-state index contributed by atoms with van der Waals surface area (Å²) in [6, 6.07) is 20.4. The van der Waals surface area contributed by atoms with Crippen LogP contribution >= 0.6 is 23.2 Å². The lowest BCUT2D eigenvalue weighted by Gasteiger charge is -2.09. The van der Waals surface area contributed by atoms with E-state index >= 15 is 0 Å². The van der Waals surface area contributed by atoms with Crippen molar-refractivity contribution in [3.05, 3.63) is 94.0 Å². The molecule has 0 aliphatic carbocycles. The number of hydrogen-bond donors (Lipinski definition) is 1. The van der Waals surface area contributed by atoms with Crippen LogP contribution in [0.25, 0.3) is 0 Å². The predicted octanol–water partition coefficient (Wildman–Crippen LogP) is 5.24. The van der Waals surface area contributed by atoms with Crippen LogP contribution in [-0.2, 0) is 4.79 Å². The van der Waals surface area contributed by atoms with Crippen molar-refractivity contribution in [2.45, 2.75) is 0 Å². The highest BCUT2D eigenvalue weighted by Crippen LogP contribution is 2.22. The largest absolute Gasteiger partial charge is 0.484 e. The standard InChI is InChI=1S/C21H15Cl2NO3/c22-16-10-17(23)12-18(11-16)24-20(25)13-27-19-8-6-15(7-9-19)21(26)14-4-2-1-3-5-14/h1-12H,13H2,(H,24,25). The Kier molecular flexibility index (Phi) is 6.12. The van der Waals surface area contributed by atoms with Gasteiger partial charge in [0.1, 0.15) is 5.75 Å². The summed E-state index contributed by atoms with van der Waals surface area (Å²) in [5.41, 5.74) is 1.65. The molecule has 0 aliphatic heterocycles. The van der Waals surface area contributed by atoms with Gasteiger partial charge < -0.3 is 10.1 Å². The Balaban J connectivity index is 1.57. The van der Waals surface area contributed by atoms with Crippen LogP contribution in [0.3, 0.4) is 0 Å². The first-order valence-corrected chi connectivity index (χ1v) is 8.85. The van der Waals surface area contributed by atoms with Crippen molar-refractivity contribution >= 4 is 40.6 Å². The van der Waals surface area contributed by atoms with E-state index in [2.05, 4.69) is 5.32 Å². The van der Waals surface area contributed by atoms with Gasteiger partial charge in [-0.1, -0.05) is 53.5 Å². The van der Waals surface area contributed by atoms with Crippen molar-refractivity contribution in [2.75, 3.05) is 11.9 Å². The zero-order chi connectivity index (χ0) is 19.2. The minimum atomic E-state index is -0.349. The van der Waals surface area contributed by atoms with Crippen LogP contribution in [-0.4, -0.2) is 18.3 Å². The normalized spacial score (nSPS) is 10.3. The Morgan fingerprint density at radius 2 is 1.41 bits per heavy atom. The van der Waals surface area contributed by atoms with E-state index in [1.54, 1.807) is 54.6 Å². The minimum absolute atomic E-state index is 0.0715. The molecule has 136 valence electrons. The quantitative estimate of drug-likeness (QED) is 0.576. The number of ketones is 1. The van der Waals surface area contributed by atoms with Crippen molar-refractivity contribution in [1.29, 1.82) is 0 Å². The van der Waals surface area contributed by atoms with E-state index in [0.29, 0.717) is 32.6 Å². The Morgan fingerprint density at radius 3 is 2.04 bits per heavy atom. The number of anilines is 1. The predicted molar refractivity (Wildman–Crippen MR) is 107 cm³/mol. The molecule has 0 fully saturated rings. The Labute approximate surface area is 166 Å². The van der Waals surface area contributed by atoms with Gasteiger partial charge in [0.05, 0.1) is 0 Å². The van der Waals surface area contributed by atoms with Crippen molar-refractivity contribution in [2.24, 2.45) is 0 Å². The van der Waals surface area contributed by atoms with Crippen molar-refractivity contribution in [3.63, 3.8) is 0 Å². The third kappa shape index (κ3) is 5.33. The van der Waals surface area contributed by atoms with Gasteiger partial charge >= 0.3 is 0 Å². The molecule has 0 heterocycles. The van der Waals surface area contributed by atoms with E-state index in [4.69, 9.17) is 27.9 Å². The summed E-state index contributed by atoms with van der Waals surface area (Å²) in [7, 11) is 0. The second kappa shape index (κ2) is 8.71. The first-order valence-electron chi connectivity index (χ1n) is 8.10. The lowest BCUT2D eigenvalue weighted by molar-refractivity contribution is -0.118. The van der Waals surface area contributed by atoms with Crippen LogP contribution in [0.2, 0.25) is 10.0 Å². The Bertz CT molecular complexity index is 937. The second-order valence-corrected chi connectivity index (χ2v) is 6.59. The van der Waals surface area contributed by atoms with Gasteiger partial charge in [-0.15, -0.1) is 0 Å². The third-order valence-electron chi connectivity index (χ3n) is 3.67. The highest BCUT2D eigenvalue weighted by Gasteiger charge is 2.09. The highest BCUT2D eigenvalue weighted by molar-refractivity contribution is 6.35. The van der Waals surface area contributed by atoms with Crippen LogP contribution in [0.1, 0.15) is 15.9 Å². The van der Waals surface area contributed by atoms with Crippen LogP contribution in [0.5, 0.6) is 5.75 Å². The smallest absolute Gasteiger partial charge is 0.262 e. The van der Waals surface area contributed by atoms with E-state index in [1.807, 2.05) is 18.2 Å². The molecule has 0 atom stereocenters. The molecule has 3 aromatic rings. The van der Waals surface area contributed by atoms with Crippen molar-refractivity contribution in [1.82, 2.24) is 0 Å². The molecule has 0 spiro atoms. The molecule has 0 aliphatic rings. The van der Waals surface area contributed by atoms with Crippen molar-refractivity contribution in [3.8, 4) is 5.75 Å². The summed E-state index contributed by atoms with van der Waals surface area (Å²) in [6.07, 6.45) is 0. The number of benzene rings is 3. The number of rotatable bonds is 6. The van der Waals surface area contributed by atoms with Crippen LogP contribution in [0.15, 0.2) is 72.8 Å². The Hall–Kier alpha value is -2.82. The topological polar surface area (TPSA) is 55.4 Å². The van der Waals surface area contributed by atoms with Gasteiger partial charge in [-0.3, -0.25) is 9.59 Å². The number of halogens is 2. The van der Waals surface area contributed by atoms with Gasteiger partial charge in [-0.05, 0) is 42.5 Å². The molecule has 1 amide bonds. The molecular formula is C21H15Cl2NO3. The maximum Gasteiger partial charge on any atom is 0.262 e. The summed E-state index contributed by atoms with van der Waals surface area (Å²) < 4.78 is 5.45. The summed E-state index contributed by atoms with van der Waals surface area (Å²) in [5, 5.41) is 3.51. The van der Waals surface area contributed by atoms with Crippen LogP contribution < -0.4 is 10.1 Å². The Morgan fingerprint density at radius 1 is 0.815 bits per heavy atom. The molecule has 0 unspecified atom stereocenters. The second-order valence-electron chi connectivity index (χ2n) is 5.71. The molecule has 4 nitrogen and oxygen atoms in total. The van der Waals surface area contributed by atoms with Gasteiger partial charge in [0.15, 0.2) is 12.4 Å². The molecule has 27 heavy (non-hydrogen) atoms. The summed E-state index contributed by atoms with van der Waals surface area (Å²) in [4.78, 5) is 24.3. The molecule has 0 aromatic heterocycles. The number of nitrogens with one attached hydrogen (secondary N) is 1. The van der Waals surface area contributed by atoms with Crippen LogP contribution in [0.4, 0.5) is 5.69 Å². The fraction of sp³-hybridized carbons (Fsp3) is 0.0476. The molecule has 3 rings (SSSR count). The average Bonchev–Trinajstić information content (AvgIpc) is 2.66. The SMILES string of the molecule is O=C(COc1ccc(C(=O)c2ccccc2)cc1)Nc1cc(Cl)cc(Cl)c1. The van der Waals surface area contributed by atoms with Gasteiger partial charge in [0.2, 0.25) is 0 Å². The monoisotopic (exact) mass is 399 g/mol. The first-order chi connectivity index (χ1) is 13.0. The van der Waals surface area contributed by atoms with E-state index in [9.17, 15) is 9.59 Å². The number of hydrogen-bond acceptors (Lipinski definition) is 3. The summed E-state index contributed by atoms with van der Waals surface area (Å²) >= 11 is 11.8. The maximum absolute atomic E-state index is 12.4. The fourth-order valence-electron chi connectivity index (χ4n) is 2.43. The minimum Gasteiger partial charge on any atom is -0.484 e. The zero-order valence-corrected chi connectivity index (χ0v) is 15.6. The molecule has 3 aromatic carbocycles. The lowest BCUT2D eigenvalue weighted by atomic mass is 10.0. The van der Waals surface area contributed by atoms with Gasteiger partial charge in [0.25, 0.3) is 5.91 Å². The van der Waals surface area contributed by atoms with E-state index in [-0.39, 0.29) is 18.3 Å². The molecule has 6 heteroatoms. The molecule has 0 radical (unpaired) electrons. The van der Waals surface area contributed by atoms with E-state index < -0.39 is 0 Å². The number of carbonyl (C=O) groups excluding carboxylic acids is 2. The first kappa shape index (κ1) is 19.0. The highest BCUT2D eigenvalue weighted by atomic mass is 35.5. The van der Waals surface area contributed by atoms with E-state index in [1.165, 1.54) is 0 Å². The lowest BCUT2D eigenvalue weighted by Crippen LogP contribution is -2.20. The van der Waals surface area contributed by atoms with Crippen LogP contribution in [0, 0.1) is 0 Å². The van der Waals surface area contributed by atoms with Gasteiger partial charge in [-0.25, -0.2) is 0 Å². The molecule has 0 bridgehead atoms. The summed E-state index contributed by atoms with van der Waals surface area (Å²) in [6.45, 7) is -0.184. The number of ether oxygens (including phenoxy) is 1. The average molecular weight is 400 g/mol. The number of amides is 1. The number of carbonyl (C=O) groups is 2. The van der Waals surface area contributed by atoms with E-state index in [0.717, 1.165) is 0 Å². The van der Waals surface area contributed by atoms with Gasteiger partial charge in [-0.2, -0.15) is 0 Å². The molecule has 1 N–H and O–H groups in total. The molecular weight excluding hydrogens is 385 g/mol. The summed E-state index contributed by atoms with van der Waals surface area (Å²) in [5.74, 6) is 0.0642. The molecule has 0 saturated heterocycles. The molecule has 0 saturated carbocycles. The fourth-order valence-corrected chi connectivity index (χ4v) is 2.96. The third-order valence-corrected chi connectivity index (χ3v) is 4.11. The van der Waals surface area contributed by atoms with Crippen molar-refractivity contribution < 1.29 is 14.3 Å². The van der Waals surface area contributed by atoms with Gasteiger partial charge in [0, 0.05) is 26.9 Å².